The van der Waals surface area contributed by atoms with Crippen LogP contribution in [-0.2, 0) is 17.3 Å². The van der Waals surface area contributed by atoms with Gasteiger partial charge in [-0.05, 0) is 43.4 Å². The Hall–Kier alpha value is -2.34. The van der Waals surface area contributed by atoms with E-state index in [4.69, 9.17) is 4.74 Å². The smallest absolute Gasteiger partial charge is 0.244 e. The average Bonchev–Trinajstić information content (AvgIpc) is 3.37. The van der Waals surface area contributed by atoms with Crippen LogP contribution >= 0.6 is 0 Å². The molecule has 1 aromatic carbocycles. The second-order valence-corrected chi connectivity index (χ2v) is 8.16. The first-order valence-electron chi connectivity index (χ1n) is 10.3. The molecule has 0 bridgehead atoms. The first-order valence-corrected chi connectivity index (χ1v) is 10.3. The molecule has 1 unspecified atom stereocenters. The largest absolute Gasteiger partial charge is 0.497 e. The highest BCUT2D eigenvalue weighted by atomic mass is 16.5. The number of hydrogen-bond acceptors (Lipinski definition) is 4. The van der Waals surface area contributed by atoms with E-state index in [1.807, 2.05) is 24.2 Å². The van der Waals surface area contributed by atoms with Gasteiger partial charge in [0, 0.05) is 31.7 Å². The van der Waals surface area contributed by atoms with Crippen molar-refractivity contribution in [1.82, 2.24) is 15.1 Å². The van der Waals surface area contributed by atoms with Gasteiger partial charge in [-0.2, -0.15) is 5.10 Å². The van der Waals surface area contributed by atoms with Crippen molar-refractivity contribution in [3.63, 3.8) is 0 Å². The minimum absolute atomic E-state index is 0.0887. The van der Waals surface area contributed by atoms with Crippen molar-refractivity contribution in [3.8, 4) is 5.75 Å². The molecule has 6 nitrogen and oxygen atoms in total. The molecule has 2 aromatic rings. The number of benzene rings is 1. The molecule has 1 aromatic heterocycles. The van der Waals surface area contributed by atoms with E-state index in [0.717, 1.165) is 50.2 Å². The van der Waals surface area contributed by atoms with Gasteiger partial charge in [0.1, 0.15) is 5.75 Å². The lowest BCUT2D eigenvalue weighted by molar-refractivity contribution is -0.121. The molecule has 0 spiro atoms. The number of aryl methyl sites for hydroxylation is 1. The summed E-state index contributed by atoms with van der Waals surface area (Å²) in [6, 6.07) is 8.31. The zero-order chi connectivity index (χ0) is 19.6. The molecule has 6 heteroatoms. The average molecular weight is 383 g/mol. The van der Waals surface area contributed by atoms with Gasteiger partial charge in [-0.25, -0.2) is 0 Å². The third kappa shape index (κ3) is 3.65. The number of carbonyl (C=O) groups excluding carboxylic acids is 1. The molecule has 1 saturated carbocycles. The van der Waals surface area contributed by atoms with Crippen molar-refractivity contribution >= 4 is 11.6 Å². The molecule has 0 radical (unpaired) electrons. The molecule has 1 N–H and O–H groups in total. The summed E-state index contributed by atoms with van der Waals surface area (Å²) in [6.45, 7) is 1.60. The monoisotopic (exact) mass is 382 g/mol. The Labute approximate surface area is 166 Å². The molecule has 150 valence electrons. The predicted molar refractivity (Wildman–Crippen MR) is 110 cm³/mol. The zero-order valence-corrected chi connectivity index (χ0v) is 16.9. The third-order valence-electron chi connectivity index (χ3n) is 6.37. The van der Waals surface area contributed by atoms with E-state index in [1.165, 1.54) is 18.4 Å². The van der Waals surface area contributed by atoms with Crippen LogP contribution in [-0.4, -0.2) is 41.9 Å². The summed E-state index contributed by atoms with van der Waals surface area (Å²) >= 11 is 0. The fourth-order valence-electron chi connectivity index (χ4n) is 4.76. The van der Waals surface area contributed by atoms with Crippen molar-refractivity contribution in [2.24, 2.45) is 7.05 Å². The lowest BCUT2D eigenvalue weighted by Crippen LogP contribution is -2.53. The van der Waals surface area contributed by atoms with Gasteiger partial charge in [0.15, 0.2) is 0 Å². The number of carbonyl (C=O) groups is 1. The maximum Gasteiger partial charge on any atom is 0.244 e. The van der Waals surface area contributed by atoms with E-state index in [1.54, 1.807) is 18.0 Å². The molecule has 1 atom stereocenters. The van der Waals surface area contributed by atoms with Crippen molar-refractivity contribution in [1.29, 1.82) is 0 Å². The van der Waals surface area contributed by atoms with Crippen LogP contribution in [0, 0.1) is 0 Å². The fraction of sp³-hybridized carbons (Fsp3) is 0.545. The maximum absolute atomic E-state index is 13.1. The van der Waals surface area contributed by atoms with Gasteiger partial charge in [0.2, 0.25) is 5.91 Å². The first-order chi connectivity index (χ1) is 13.6. The standard InChI is InChI=1S/C22H30N4O2/c1-25-15-18(14-24-25)26-12-6-9-20(21(26)27)23-16-22(10-3-4-11-22)17-7-5-8-19(13-17)28-2/h5,7-8,13-15,20,23H,3-4,6,9-12,16H2,1-2H3. The number of piperidine rings is 1. The molecule has 2 fully saturated rings. The maximum atomic E-state index is 13.1. The first kappa shape index (κ1) is 19.0. The minimum atomic E-state index is -0.128. The number of anilines is 1. The summed E-state index contributed by atoms with van der Waals surface area (Å²) in [6.07, 6.45) is 10.4. The topological polar surface area (TPSA) is 59.4 Å². The minimum Gasteiger partial charge on any atom is -0.497 e. The van der Waals surface area contributed by atoms with Crippen molar-refractivity contribution in [2.45, 2.75) is 50.0 Å². The molecule has 4 rings (SSSR count). The van der Waals surface area contributed by atoms with Gasteiger partial charge in [-0.15, -0.1) is 0 Å². The fourth-order valence-corrected chi connectivity index (χ4v) is 4.76. The third-order valence-corrected chi connectivity index (χ3v) is 6.37. The number of aromatic nitrogens is 2. The van der Waals surface area contributed by atoms with Crippen LogP contribution in [0.1, 0.15) is 44.1 Å². The molecule has 1 aliphatic heterocycles. The Morgan fingerprint density at radius 2 is 2.11 bits per heavy atom. The summed E-state index contributed by atoms with van der Waals surface area (Å²) < 4.78 is 7.19. The zero-order valence-electron chi connectivity index (χ0n) is 16.9. The van der Waals surface area contributed by atoms with Gasteiger partial charge >= 0.3 is 0 Å². The van der Waals surface area contributed by atoms with E-state index in [0.29, 0.717) is 0 Å². The Balaban J connectivity index is 1.49. The van der Waals surface area contributed by atoms with Gasteiger partial charge in [-0.1, -0.05) is 25.0 Å². The van der Waals surface area contributed by atoms with Crippen LogP contribution < -0.4 is 15.0 Å². The van der Waals surface area contributed by atoms with Crippen LogP contribution in [0.4, 0.5) is 5.69 Å². The van der Waals surface area contributed by atoms with Gasteiger partial charge in [0.05, 0.1) is 25.0 Å². The highest BCUT2D eigenvalue weighted by Gasteiger charge is 2.38. The molecular formula is C22H30N4O2. The van der Waals surface area contributed by atoms with Gasteiger partial charge < -0.3 is 15.0 Å². The predicted octanol–water partition coefficient (Wildman–Crippen LogP) is 3.03. The number of hydrogen-bond donors (Lipinski definition) is 1. The molecule has 1 amide bonds. The van der Waals surface area contributed by atoms with Crippen LogP contribution in [0.2, 0.25) is 0 Å². The lowest BCUT2D eigenvalue weighted by Gasteiger charge is -2.36. The van der Waals surface area contributed by atoms with Gasteiger partial charge in [-0.3, -0.25) is 9.48 Å². The second-order valence-electron chi connectivity index (χ2n) is 8.16. The Morgan fingerprint density at radius 1 is 1.29 bits per heavy atom. The lowest BCUT2D eigenvalue weighted by atomic mass is 9.78. The number of nitrogens with zero attached hydrogens (tertiary/aromatic N) is 3. The highest BCUT2D eigenvalue weighted by molar-refractivity contribution is 5.97. The van der Waals surface area contributed by atoms with Crippen molar-refractivity contribution in [3.05, 3.63) is 42.2 Å². The van der Waals surface area contributed by atoms with Crippen LogP contribution in [0.25, 0.3) is 0 Å². The number of rotatable bonds is 6. The summed E-state index contributed by atoms with van der Waals surface area (Å²) in [5, 5.41) is 7.86. The quantitative estimate of drug-likeness (QED) is 0.834. The van der Waals surface area contributed by atoms with Crippen molar-refractivity contribution < 1.29 is 9.53 Å². The SMILES string of the molecule is COc1cccc(C2(CNC3CCCN(c4cnn(C)c4)C3=O)CCCC2)c1. The van der Waals surface area contributed by atoms with E-state index >= 15 is 0 Å². The van der Waals surface area contributed by atoms with E-state index < -0.39 is 0 Å². The van der Waals surface area contributed by atoms with Crippen LogP contribution in [0.3, 0.4) is 0 Å². The molecule has 2 heterocycles. The molecule has 28 heavy (non-hydrogen) atoms. The molecule has 2 aliphatic rings. The van der Waals surface area contributed by atoms with E-state index in [2.05, 4.69) is 28.6 Å². The van der Waals surface area contributed by atoms with Crippen molar-refractivity contribution in [2.75, 3.05) is 25.1 Å². The molecular weight excluding hydrogens is 352 g/mol. The van der Waals surface area contributed by atoms with E-state index in [-0.39, 0.29) is 17.4 Å². The summed E-state index contributed by atoms with van der Waals surface area (Å²) in [4.78, 5) is 15.0. The Kier molecular flexibility index (Phi) is 5.40. The number of nitrogens with one attached hydrogen (secondary N) is 1. The molecule has 1 aliphatic carbocycles. The highest BCUT2D eigenvalue weighted by Crippen LogP contribution is 2.41. The summed E-state index contributed by atoms with van der Waals surface area (Å²) in [7, 11) is 3.60. The summed E-state index contributed by atoms with van der Waals surface area (Å²) in [5.41, 5.74) is 2.30. The number of amides is 1. The number of methoxy groups -OCH3 is 1. The summed E-state index contributed by atoms with van der Waals surface area (Å²) in [5.74, 6) is 1.07. The van der Waals surface area contributed by atoms with Crippen LogP contribution in [0.5, 0.6) is 5.75 Å². The normalized spacial score (nSPS) is 21.9. The Morgan fingerprint density at radius 3 is 2.82 bits per heavy atom. The van der Waals surface area contributed by atoms with Crippen LogP contribution in [0.15, 0.2) is 36.7 Å². The Bertz CT molecular complexity index is 825. The number of ether oxygens (including phenoxy) is 1. The van der Waals surface area contributed by atoms with Gasteiger partial charge in [0.25, 0.3) is 0 Å². The van der Waals surface area contributed by atoms with E-state index in [9.17, 15) is 4.79 Å². The molecule has 1 saturated heterocycles. The second kappa shape index (κ2) is 7.95.